The van der Waals surface area contributed by atoms with Crippen LogP contribution in [-0.4, -0.2) is 6.79 Å². The van der Waals surface area contributed by atoms with Crippen LogP contribution in [0.3, 0.4) is 0 Å². The molecule has 0 radical (unpaired) electrons. The van der Waals surface area contributed by atoms with Gasteiger partial charge >= 0.3 is 6.18 Å². The van der Waals surface area contributed by atoms with E-state index in [1.807, 2.05) is 0 Å². The monoisotopic (exact) mass is 358 g/mol. The summed E-state index contributed by atoms with van der Waals surface area (Å²) in [6.45, 7) is 0.0794. The molecule has 130 valence electrons. The molecule has 26 heavy (non-hydrogen) atoms. The van der Waals surface area contributed by atoms with Gasteiger partial charge in [0.1, 0.15) is 5.58 Å². The van der Waals surface area contributed by atoms with Gasteiger partial charge in [-0.05, 0) is 35.7 Å². The number of para-hydroxylation sites is 1. The van der Waals surface area contributed by atoms with Gasteiger partial charge < -0.3 is 13.9 Å². The van der Waals surface area contributed by atoms with Gasteiger partial charge in [-0.25, -0.2) is 0 Å². The molecule has 0 saturated carbocycles. The largest absolute Gasteiger partial charge is 0.455 e. The van der Waals surface area contributed by atoms with Crippen LogP contribution in [-0.2, 0) is 6.18 Å². The highest BCUT2D eigenvalue weighted by atomic mass is 19.4. The molecule has 1 aromatic heterocycles. The fourth-order valence-electron chi connectivity index (χ4n) is 3.31. The van der Waals surface area contributed by atoms with Crippen LogP contribution in [0.1, 0.15) is 5.56 Å². The van der Waals surface area contributed by atoms with Gasteiger partial charge in [0.2, 0.25) is 12.2 Å². The fourth-order valence-corrected chi connectivity index (χ4v) is 3.31. The van der Waals surface area contributed by atoms with Crippen molar-refractivity contribution in [3.8, 4) is 11.5 Å². The van der Waals surface area contributed by atoms with Crippen LogP contribution in [0.25, 0.3) is 32.7 Å². The van der Waals surface area contributed by atoms with E-state index in [0.29, 0.717) is 22.3 Å². The predicted molar refractivity (Wildman–Crippen MR) is 88.6 cm³/mol. The third kappa shape index (κ3) is 2.00. The van der Waals surface area contributed by atoms with Crippen molar-refractivity contribution in [3.05, 3.63) is 58.3 Å². The van der Waals surface area contributed by atoms with E-state index in [-0.39, 0.29) is 23.1 Å². The minimum absolute atomic E-state index is 0.0794. The number of ether oxygens (including phenoxy) is 2. The quantitative estimate of drug-likeness (QED) is 0.333. The molecule has 2 heterocycles. The molecule has 0 spiro atoms. The Kier molecular flexibility index (Phi) is 2.84. The summed E-state index contributed by atoms with van der Waals surface area (Å²) in [5.41, 5.74) is -1.86. The van der Waals surface area contributed by atoms with Crippen molar-refractivity contribution in [2.75, 3.05) is 6.79 Å². The number of benzene rings is 3. The van der Waals surface area contributed by atoms with E-state index in [0.717, 1.165) is 6.07 Å². The lowest BCUT2D eigenvalue weighted by atomic mass is 10.0. The van der Waals surface area contributed by atoms with Crippen molar-refractivity contribution < 1.29 is 27.1 Å². The van der Waals surface area contributed by atoms with E-state index in [9.17, 15) is 18.0 Å². The van der Waals surface area contributed by atoms with Gasteiger partial charge in [-0.2, -0.15) is 13.2 Å². The average Bonchev–Trinajstić information content (AvgIpc) is 3.05. The van der Waals surface area contributed by atoms with Gasteiger partial charge in [-0.15, -0.1) is 0 Å². The lowest BCUT2D eigenvalue weighted by Crippen LogP contribution is -2.09. The first kappa shape index (κ1) is 15.1. The van der Waals surface area contributed by atoms with Crippen molar-refractivity contribution in [3.63, 3.8) is 0 Å². The molecule has 0 N–H and O–H groups in total. The standard InChI is InChI=1S/C19H9F3O4/c20-19(21,22)12-3-1-2-10-17(23)16-11-7-15-14(24-8-25-15)6-9(11)4-5-13(16)26-18(10)12/h1-7H,8H2. The van der Waals surface area contributed by atoms with E-state index in [4.69, 9.17) is 13.9 Å². The molecule has 0 amide bonds. The molecule has 4 nitrogen and oxygen atoms in total. The van der Waals surface area contributed by atoms with Crippen LogP contribution in [0.15, 0.2) is 51.7 Å². The molecule has 7 heteroatoms. The van der Waals surface area contributed by atoms with Crippen LogP contribution >= 0.6 is 0 Å². The number of alkyl halides is 3. The second kappa shape index (κ2) is 4.91. The van der Waals surface area contributed by atoms with Gasteiger partial charge in [-0.3, -0.25) is 4.79 Å². The first-order chi connectivity index (χ1) is 12.4. The Balaban J connectivity index is 1.96. The number of hydrogen-bond acceptors (Lipinski definition) is 4. The summed E-state index contributed by atoms with van der Waals surface area (Å²) in [6, 6.07) is 9.98. The molecule has 0 atom stereocenters. The maximum atomic E-state index is 13.3. The second-order valence-corrected chi connectivity index (χ2v) is 5.98. The Bertz CT molecular complexity index is 1270. The molecule has 1 aliphatic rings. The second-order valence-electron chi connectivity index (χ2n) is 5.98. The topological polar surface area (TPSA) is 48.7 Å². The van der Waals surface area contributed by atoms with Gasteiger partial charge in [0.05, 0.1) is 16.3 Å². The number of rotatable bonds is 0. The third-order valence-corrected chi connectivity index (χ3v) is 4.48. The van der Waals surface area contributed by atoms with E-state index < -0.39 is 22.8 Å². The highest BCUT2D eigenvalue weighted by molar-refractivity contribution is 6.09. The minimum Gasteiger partial charge on any atom is -0.455 e. The van der Waals surface area contributed by atoms with Crippen molar-refractivity contribution in [1.29, 1.82) is 0 Å². The Morgan fingerprint density at radius 2 is 1.69 bits per heavy atom. The Morgan fingerprint density at radius 3 is 2.46 bits per heavy atom. The smallest absolute Gasteiger partial charge is 0.420 e. The van der Waals surface area contributed by atoms with Crippen LogP contribution in [0.5, 0.6) is 11.5 Å². The van der Waals surface area contributed by atoms with Crippen LogP contribution in [0.2, 0.25) is 0 Å². The predicted octanol–water partition coefficient (Wildman–Crippen LogP) is 4.85. The average molecular weight is 358 g/mol. The van der Waals surface area contributed by atoms with Crippen molar-refractivity contribution >= 4 is 32.7 Å². The molecule has 0 aliphatic carbocycles. The molecule has 3 aromatic carbocycles. The summed E-state index contributed by atoms with van der Waals surface area (Å²) in [5.74, 6) is 1.04. The van der Waals surface area contributed by atoms with E-state index in [1.54, 1.807) is 18.2 Å². The number of fused-ring (bicyclic) bond motifs is 5. The molecule has 0 saturated heterocycles. The molecule has 5 rings (SSSR count). The minimum atomic E-state index is -4.62. The summed E-state index contributed by atoms with van der Waals surface area (Å²) < 4.78 is 56.0. The van der Waals surface area contributed by atoms with Gasteiger partial charge in [0, 0.05) is 5.39 Å². The summed E-state index contributed by atoms with van der Waals surface area (Å²) in [4.78, 5) is 13.0. The Hall–Kier alpha value is -3.22. The van der Waals surface area contributed by atoms with Crippen molar-refractivity contribution in [2.24, 2.45) is 0 Å². The summed E-state index contributed by atoms with van der Waals surface area (Å²) in [6.07, 6.45) is -4.62. The summed E-state index contributed by atoms with van der Waals surface area (Å²) in [5, 5.41) is 1.35. The highest BCUT2D eigenvalue weighted by Crippen LogP contribution is 2.39. The molecular formula is C19H9F3O4. The van der Waals surface area contributed by atoms with Crippen LogP contribution < -0.4 is 14.9 Å². The molecule has 0 fully saturated rings. The van der Waals surface area contributed by atoms with Crippen molar-refractivity contribution in [1.82, 2.24) is 0 Å². The van der Waals surface area contributed by atoms with Gasteiger partial charge in [0.25, 0.3) is 0 Å². The first-order valence-electron chi connectivity index (χ1n) is 7.72. The molecule has 1 aliphatic heterocycles. The van der Waals surface area contributed by atoms with E-state index >= 15 is 0 Å². The molecule has 4 aromatic rings. The zero-order valence-corrected chi connectivity index (χ0v) is 13.0. The molecular weight excluding hydrogens is 349 g/mol. The fraction of sp³-hybridized carbons (Fsp3) is 0.105. The maximum Gasteiger partial charge on any atom is 0.420 e. The number of hydrogen-bond donors (Lipinski definition) is 0. The summed E-state index contributed by atoms with van der Waals surface area (Å²) >= 11 is 0. The third-order valence-electron chi connectivity index (χ3n) is 4.48. The van der Waals surface area contributed by atoms with E-state index in [2.05, 4.69) is 0 Å². The van der Waals surface area contributed by atoms with Gasteiger partial charge in [0.15, 0.2) is 17.1 Å². The Morgan fingerprint density at radius 1 is 0.923 bits per heavy atom. The van der Waals surface area contributed by atoms with Gasteiger partial charge in [-0.1, -0.05) is 12.1 Å². The van der Waals surface area contributed by atoms with Crippen LogP contribution in [0, 0.1) is 0 Å². The van der Waals surface area contributed by atoms with Crippen LogP contribution in [0.4, 0.5) is 13.2 Å². The normalized spacial score (nSPS) is 13.8. The summed E-state index contributed by atoms with van der Waals surface area (Å²) in [7, 11) is 0. The zero-order valence-electron chi connectivity index (χ0n) is 13.0. The molecule has 0 unspecified atom stereocenters. The maximum absolute atomic E-state index is 13.3. The molecule has 0 bridgehead atoms. The SMILES string of the molecule is O=c1c2cccc(C(F)(F)F)c2oc2ccc3cc4c(cc3c12)OCO4. The highest BCUT2D eigenvalue weighted by Gasteiger charge is 2.34. The van der Waals surface area contributed by atoms with Crippen molar-refractivity contribution in [2.45, 2.75) is 6.18 Å². The Labute approximate surface area is 143 Å². The zero-order chi connectivity index (χ0) is 18.1. The first-order valence-corrected chi connectivity index (χ1v) is 7.72. The van der Waals surface area contributed by atoms with E-state index in [1.165, 1.54) is 18.2 Å². The lowest BCUT2D eigenvalue weighted by Gasteiger charge is -2.11. The lowest BCUT2D eigenvalue weighted by molar-refractivity contribution is -0.136. The number of halogens is 3.